The lowest BCUT2D eigenvalue weighted by Crippen LogP contribution is -2.47. The topological polar surface area (TPSA) is 37.3 Å². The molecule has 0 aromatic rings. The highest BCUT2D eigenvalue weighted by atomic mass is 16.3. The molecule has 4 rings (SSSR count). The smallest absolute Gasteiger partial charge is 0.155 e. The van der Waals surface area contributed by atoms with Crippen LogP contribution >= 0.6 is 0 Å². The third-order valence-corrected chi connectivity index (χ3v) is 7.75. The van der Waals surface area contributed by atoms with E-state index in [4.69, 9.17) is 0 Å². The van der Waals surface area contributed by atoms with Crippen LogP contribution in [-0.2, 0) is 4.79 Å². The van der Waals surface area contributed by atoms with Crippen molar-refractivity contribution in [2.75, 3.05) is 0 Å². The lowest BCUT2D eigenvalue weighted by molar-refractivity contribution is -0.115. The van der Waals surface area contributed by atoms with Crippen molar-refractivity contribution >= 4 is 5.78 Å². The molecule has 6 atom stereocenters. The minimum atomic E-state index is -0.176. The van der Waals surface area contributed by atoms with E-state index >= 15 is 0 Å². The van der Waals surface area contributed by atoms with Crippen molar-refractivity contribution in [2.45, 2.75) is 77.7 Å². The molecule has 132 valence electrons. The standard InChI is InChI=1S/C22H32O2/c1-3-4-5-14-12-15-13-16(23)6-7-17(15)18-10-11-22(2)19(21(14)18)8-9-20(22)24/h8,13-14,17-18,20-21,24H,3-7,9-12H2,1-2H3/t14?,17-,18+,20?,21+,22-/m0/s1. The van der Waals surface area contributed by atoms with Crippen molar-refractivity contribution in [1.82, 2.24) is 0 Å². The molecular weight excluding hydrogens is 296 g/mol. The quantitative estimate of drug-likeness (QED) is 0.754. The number of hydrogen-bond donors (Lipinski definition) is 1. The highest BCUT2D eigenvalue weighted by Gasteiger charge is 2.54. The first-order valence-corrected chi connectivity index (χ1v) is 10.2. The zero-order valence-electron chi connectivity index (χ0n) is 15.3. The van der Waals surface area contributed by atoms with Gasteiger partial charge in [0.2, 0.25) is 0 Å². The van der Waals surface area contributed by atoms with E-state index in [0.717, 1.165) is 32.1 Å². The lowest BCUT2D eigenvalue weighted by Gasteiger charge is -2.54. The van der Waals surface area contributed by atoms with Gasteiger partial charge in [-0.25, -0.2) is 0 Å². The van der Waals surface area contributed by atoms with Crippen LogP contribution in [0.2, 0.25) is 0 Å². The van der Waals surface area contributed by atoms with Gasteiger partial charge in [-0.3, -0.25) is 4.79 Å². The first-order valence-electron chi connectivity index (χ1n) is 10.2. The largest absolute Gasteiger partial charge is 0.392 e. The summed E-state index contributed by atoms with van der Waals surface area (Å²) in [5, 5.41) is 10.6. The van der Waals surface area contributed by atoms with Gasteiger partial charge < -0.3 is 5.11 Å². The predicted molar refractivity (Wildman–Crippen MR) is 96.5 cm³/mol. The minimum absolute atomic E-state index is 0.0251. The molecule has 2 fully saturated rings. The molecule has 2 nitrogen and oxygen atoms in total. The van der Waals surface area contributed by atoms with Crippen LogP contribution in [-0.4, -0.2) is 17.0 Å². The molecule has 1 N–H and O–H groups in total. The van der Waals surface area contributed by atoms with Gasteiger partial charge in [0.25, 0.3) is 0 Å². The number of ketones is 1. The molecule has 4 aliphatic rings. The third-order valence-electron chi connectivity index (χ3n) is 7.75. The second-order valence-corrected chi connectivity index (χ2v) is 8.99. The summed E-state index contributed by atoms with van der Waals surface area (Å²) in [7, 11) is 0. The molecular formula is C22H32O2. The van der Waals surface area contributed by atoms with E-state index in [2.05, 4.69) is 19.9 Å². The Morgan fingerprint density at radius 3 is 2.96 bits per heavy atom. The van der Waals surface area contributed by atoms with E-state index < -0.39 is 0 Å². The number of allylic oxidation sites excluding steroid dienone is 2. The Morgan fingerprint density at radius 2 is 2.17 bits per heavy atom. The summed E-state index contributed by atoms with van der Waals surface area (Å²) in [6, 6.07) is 0. The zero-order valence-corrected chi connectivity index (χ0v) is 15.3. The van der Waals surface area contributed by atoms with E-state index in [1.54, 1.807) is 5.57 Å². The second-order valence-electron chi connectivity index (χ2n) is 8.99. The van der Waals surface area contributed by atoms with Gasteiger partial charge in [-0.2, -0.15) is 0 Å². The maximum Gasteiger partial charge on any atom is 0.155 e. The Labute approximate surface area is 146 Å². The average Bonchev–Trinajstić information content (AvgIpc) is 2.87. The lowest BCUT2D eigenvalue weighted by atomic mass is 9.51. The van der Waals surface area contributed by atoms with Crippen molar-refractivity contribution in [3.8, 4) is 0 Å². The summed E-state index contributed by atoms with van der Waals surface area (Å²) < 4.78 is 0. The molecule has 4 aliphatic carbocycles. The number of aliphatic hydroxyl groups is 1. The molecule has 0 bridgehead atoms. The van der Waals surface area contributed by atoms with Gasteiger partial charge in [-0.1, -0.05) is 43.9 Å². The fourth-order valence-electron chi connectivity index (χ4n) is 6.43. The van der Waals surface area contributed by atoms with Crippen molar-refractivity contribution in [3.63, 3.8) is 0 Å². The summed E-state index contributed by atoms with van der Waals surface area (Å²) in [4.78, 5) is 12.0. The van der Waals surface area contributed by atoms with Gasteiger partial charge in [0.1, 0.15) is 0 Å². The SMILES string of the molecule is CCCCC1CC2=CC(=O)CC[C@@H]2[C@H]2CC[C@@]3(C)C(=CCC3O)[C@H]12. The summed E-state index contributed by atoms with van der Waals surface area (Å²) in [6.07, 6.45) is 14.2. The van der Waals surface area contributed by atoms with Crippen molar-refractivity contribution in [3.05, 3.63) is 23.3 Å². The molecule has 0 aromatic carbocycles. The van der Waals surface area contributed by atoms with Crippen LogP contribution in [0.15, 0.2) is 23.3 Å². The molecule has 0 radical (unpaired) electrons. The van der Waals surface area contributed by atoms with E-state index in [0.29, 0.717) is 29.5 Å². The van der Waals surface area contributed by atoms with Gasteiger partial charge in [0.15, 0.2) is 5.78 Å². The molecule has 0 heterocycles. The van der Waals surface area contributed by atoms with Crippen molar-refractivity contribution in [1.29, 1.82) is 0 Å². The number of carbonyl (C=O) groups is 1. The fourth-order valence-corrected chi connectivity index (χ4v) is 6.43. The second kappa shape index (κ2) is 6.12. The molecule has 2 unspecified atom stereocenters. The molecule has 0 aromatic heterocycles. The number of hydrogen-bond acceptors (Lipinski definition) is 2. The van der Waals surface area contributed by atoms with Gasteiger partial charge in [-0.05, 0) is 68.3 Å². The van der Waals surface area contributed by atoms with Crippen LogP contribution in [0.25, 0.3) is 0 Å². The average molecular weight is 328 g/mol. The molecule has 2 heteroatoms. The third kappa shape index (κ3) is 2.44. The van der Waals surface area contributed by atoms with E-state index in [9.17, 15) is 9.90 Å². The molecule has 0 saturated heterocycles. The Balaban J connectivity index is 1.70. The number of carbonyl (C=O) groups excluding carboxylic acids is 1. The van der Waals surface area contributed by atoms with Crippen LogP contribution in [0.4, 0.5) is 0 Å². The first-order chi connectivity index (χ1) is 11.5. The molecule has 24 heavy (non-hydrogen) atoms. The Kier molecular flexibility index (Phi) is 4.23. The fraction of sp³-hybridized carbons (Fsp3) is 0.773. The maximum absolute atomic E-state index is 12.0. The van der Waals surface area contributed by atoms with Crippen LogP contribution in [0.5, 0.6) is 0 Å². The zero-order chi connectivity index (χ0) is 16.9. The number of aliphatic hydroxyl groups excluding tert-OH is 1. The molecule has 0 amide bonds. The first kappa shape index (κ1) is 16.6. The number of fused-ring (bicyclic) bond motifs is 5. The summed E-state index contributed by atoms with van der Waals surface area (Å²) >= 11 is 0. The maximum atomic E-state index is 12.0. The van der Waals surface area contributed by atoms with Gasteiger partial charge in [0, 0.05) is 11.8 Å². The summed E-state index contributed by atoms with van der Waals surface area (Å²) in [6.45, 7) is 4.58. The Morgan fingerprint density at radius 1 is 1.33 bits per heavy atom. The van der Waals surface area contributed by atoms with Gasteiger partial charge in [-0.15, -0.1) is 0 Å². The van der Waals surface area contributed by atoms with E-state index in [1.165, 1.54) is 31.3 Å². The van der Waals surface area contributed by atoms with E-state index in [-0.39, 0.29) is 11.5 Å². The normalized spacial score (nSPS) is 44.3. The summed E-state index contributed by atoms with van der Waals surface area (Å²) in [5.74, 6) is 3.03. The number of unbranched alkanes of at least 4 members (excludes halogenated alkanes) is 1. The van der Waals surface area contributed by atoms with Crippen molar-refractivity contribution < 1.29 is 9.90 Å². The number of rotatable bonds is 3. The van der Waals surface area contributed by atoms with Crippen molar-refractivity contribution in [2.24, 2.45) is 29.1 Å². The Bertz CT molecular complexity index is 587. The van der Waals surface area contributed by atoms with Crippen LogP contribution in [0.3, 0.4) is 0 Å². The Hall–Kier alpha value is -0.890. The minimum Gasteiger partial charge on any atom is -0.392 e. The van der Waals surface area contributed by atoms with Crippen LogP contribution < -0.4 is 0 Å². The highest BCUT2D eigenvalue weighted by molar-refractivity contribution is 5.91. The monoisotopic (exact) mass is 328 g/mol. The highest BCUT2D eigenvalue weighted by Crippen LogP contribution is 2.61. The van der Waals surface area contributed by atoms with Gasteiger partial charge >= 0.3 is 0 Å². The van der Waals surface area contributed by atoms with E-state index in [1.807, 2.05) is 6.08 Å². The van der Waals surface area contributed by atoms with Crippen LogP contribution in [0, 0.1) is 29.1 Å². The molecule has 0 aliphatic heterocycles. The van der Waals surface area contributed by atoms with Gasteiger partial charge in [0.05, 0.1) is 6.10 Å². The van der Waals surface area contributed by atoms with Crippen LogP contribution in [0.1, 0.15) is 71.6 Å². The predicted octanol–water partition coefficient (Wildman–Crippen LogP) is 4.83. The summed E-state index contributed by atoms with van der Waals surface area (Å²) in [5.41, 5.74) is 3.08. The molecule has 2 saturated carbocycles. The molecule has 0 spiro atoms.